The predicted molar refractivity (Wildman–Crippen MR) is 326 cm³/mol. The van der Waals surface area contributed by atoms with E-state index in [0.29, 0.717) is 50.2 Å². The largest absolute Gasteiger partial charge is 0.469 e. The van der Waals surface area contributed by atoms with Gasteiger partial charge in [0.15, 0.2) is 58.8 Å². The van der Waals surface area contributed by atoms with Crippen molar-refractivity contribution >= 4 is 111 Å². The van der Waals surface area contributed by atoms with Crippen LogP contribution < -0.4 is 16.4 Å². The van der Waals surface area contributed by atoms with Crippen molar-refractivity contribution in [3.05, 3.63) is 77.1 Å². The molecule has 98 heavy (non-hydrogen) atoms. The summed E-state index contributed by atoms with van der Waals surface area (Å²) in [5.74, 6) is 0.740. The van der Waals surface area contributed by atoms with Gasteiger partial charge in [-0.25, -0.2) is 63.1 Å². The van der Waals surface area contributed by atoms with E-state index in [2.05, 4.69) is 83.6 Å². The van der Waals surface area contributed by atoms with Crippen LogP contribution in [0, 0.1) is 6.92 Å². The van der Waals surface area contributed by atoms with E-state index in [-0.39, 0.29) is 22.8 Å². The molecule has 52 heteroatoms. The summed E-state index contributed by atoms with van der Waals surface area (Å²) >= 11 is 6.00. The van der Waals surface area contributed by atoms with Gasteiger partial charge in [-0.2, -0.15) is 0 Å². The number of fused-ring (bicyclic) bond motifs is 4. The van der Waals surface area contributed by atoms with Gasteiger partial charge in [0, 0.05) is 37.6 Å². The van der Waals surface area contributed by atoms with Gasteiger partial charge in [-0.15, -0.1) is 0 Å². The molecule has 8 aromatic heterocycles. The molecule has 0 saturated carbocycles. The zero-order valence-electron chi connectivity index (χ0n) is 50.2. The number of azide groups is 1. The molecule has 0 aliphatic carbocycles. The number of pyridine rings is 3. The number of nitrogens with one attached hydrogen (secondary N) is 2. The maximum atomic E-state index is 10.8. The monoisotopic (exact) mass is 1490 g/mol. The van der Waals surface area contributed by atoms with Crippen molar-refractivity contribution in [2.24, 2.45) is 5.11 Å². The highest BCUT2D eigenvalue weighted by atomic mass is 35.5. The topological polar surface area (TPSA) is 700 Å². The van der Waals surface area contributed by atoms with E-state index in [1.807, 2.05) is 0 Å². The van der Waals surface area contributed by atoms with Crippen molar-refractivity contribution in [3.8, 4) is 0 Å². The van der Waals surface area contributed by atoms with E-state index < -0.39 is 156 Å². The second kappa shape index (κ2) is 30.7. The number of nitrogens with two attached hydrogens (primary N) is 1. The Bertz CT molecular complexity index is 4380. The normalized spacial score (nSPS) is 27.3. The first kappa shape index (κ1) is 75.6. The fraction of sp³-hybridized carbons (Fsp3) is 0.500. The Balaban J connectivity index is 0.000000153. The third-order valence-electron chi connectivity index (χ3n) is 14.7. The quantitative estimate of drug-likeness (QED) is 0.0174. The van der Waals surface area contributed by atoms with Gasteiger partial charge < -0.3 is 115 Å². The second-order valence-corrected chi connectivity index (χ2v) is 26.5. The van der Waals surface area contributed by atoms with Crippen molar-refractivity contribution in [3.63, 3.8) is 0 Å². The average molecular weight is 1490 g/mol. The third kappa shape index (κ3) is 17.2. The number of hydrogen-bond acceptors (Lipinski definition) is 33. The van der Waals surface area contributed by atoms with Crippen LogP contribution in [-0.4, -0.2) is 257 Å². The van der Waals surface area contributed by atoms with Crippen LogP contribution in [0.15, 0.2) is 60.9 Å². The number of nitrogen functional groups attached to an aromatic ring is 1. The van der Waals surface area contributed by atoms with Crippen molar-refractivity contribution in [1.82, 2.24) is 63.1 Å². The lowest BCUT2D eigenvalue weighted by atomic mass is 10.1. The molecule has 12 heterocycles. The fourth-order valence-corrected chi connectivity index (χ4v) is 11.7. The zero-order valence-corrected chi connectivity index (χ0v) is 54.5. The Morgan fingerprint density at radius 2 is 0.908 bits per heavy atom. The van der Waals surface area contributed by atoms with Crippen LogP contribution in [0.2, 0.25) is 5.02 Å². The number of aliphatic hydroxyl groups excluding tert-OH is 8. The maximum absolute atomic E-state index is 10.8. The van der Waals surface area contributed by atoms with Gasteiger partial charge >= 0.3 is 31.3 Å². The molecule has 47 nitrogen and oxygen atoms in total. The molecule has 4 aliphatic heterocycles. The van der Waals surface area contributed by atoms with Crippen LogP contribution in [0.25, 0.3) is 55.1 Å². The highest BCUT2D eigenvalue weighted by Gasteiger charge is 2.49. The van der Waals surface area contributed by atoms with Crippen molar-refractivity contribution in [1.29, 1.82) is 0 Å². The van der Waals surface area contributed by atoms with E-state index in [0.717, 1.165) is 10.3 Å². The number of ether oxygens (including phenoxy) is 4. The first-order valence-corrected chi connectivity index (χ1v) is 34.4. The first-order chi connectivity index (χ1) is 46.0. The molecular formula is C46H62ClN19O28P4. The number of imidazole rings is 4. The summed E-state index contributed by atoms with van der Waals surface area (Å²) in [5.41, 5.74) is 18.4. The molecule has 0 bridgehead atoms. The molecule has 16 atom stereocenters. The minimum Gasteiger partial charge on any atom is -0.397 e. The second-order valence-electron chi connectivity index (χ2n) is 21.1. The fourth-order valence-electron chi connectivity index (χ4n) is 10.2. The number of anilines is 3. The summed E-state index contributed by atoms with van der Waals surface area (Å²) in [5, 5.41) is 90.6. The number of hydrogen-bond donors (Lipinski definition) is 19. The highest BCUT2D eigenvalue weighted by molar-refractivity contribution is 7.47. The van der Waals surface area contributed by atoms with Gasteiger partial charge in [-0.3, -0.25) is 36.4 Å². The summed E-state index contributed by atoms with van der Waals surface area (Å²) < 4.78 is 87.7. The standard InChI is InChI=1S/C12H18N5O7P.C12H17N4O7P.C11H13ClN3O7P.C11H14N7O7P/c1-5-15-10(13-2)7-11(16-5)17(4-14-7)12-9(19)8(18)6(24-12)3-23-25(20,21)22;1-13-6-2-3-14-11-8(6)15-5-16(11)12-10(18)9(17)7(23-12)4-22-24(19,20)21;12-5-1-2-13-10-7(5)14-4-15(10)11-9(17)8(16)6(22-11)3-21-23(18,19)20;12-4-1-2-14-9-6(4)15-11(16-17-13)18(9)10-8(20)7(19)5(25-10)3-24-26(21,22)23/h4,6,8-9,12,18-19H,3H2,1-2H3,(H,13,15,16)(H2,20,21,22);2-3,5,7,9-10,12,17-18H,4H2,1H3,(H,13,14)(H2,19,20,21);1-2,4,6,8-9,11,16-17H,3H2,(H2,18,19,20);1-2,5,7-8,10,19-20H,3H2,(H2,12,14)(H2,21,22,23)/t6-,8-,9-,12-;7-,9-,10-,12-;6-,8-,9-,11-;5-,7-,8-,10-/m1111/s1. The molecule has 4 fully saturated rings. The Morgan fingerprint density at radius 3 is 1.35 bits per heavy atom. The molecule has 0 aromatic carbocycles. The van der Waals surface area contributed by atoms with Crippen molar-refractivity contribution in [2.45, 2.75) is 105 Å². The van der Waals surface area contributed by atoms with E-state index in [4.69, 9.17) is 81.0 Å². The van der Waals surface area contributed by atoms with Gasteiger partial charge in [0.05, 0.1) is 61.8 Å². The van der Waals surface area contributed by atoms with E-state index in [9.17, 15) is 59.1 Å². The van der Waals surface area contributed by atoms with Crippen LogP contribution in [0.1, 0.15) is 30.7 Å². The molecule has 0 radical (unpaired) electrons. The summed E-state index contributed by atoms with van der Waals surface area (Å²) in [7, 11) is -15.5. The molecule has 536 valence electrons. The average Bonchev–Trinajstić information content (AvgIpc) is 1.63. The van der Waals surface area contributed by atoms with Gasteiger partial charge in [-0.05, 0) is 35.8 Å². The molecule has 8 aromatic rings. The maximum Gasteiger partial charge on any atom is 0.469 e. The molecule has 0 unspecified atom stereocenters. The van der Waals surface area contributed by atoms with E-state index in [1.165, 1.54) is 51.1 Å². The van der Waals surface area contributed by atoms with Crippen molar-refractivity contribution < 1.29 is 135 Å². The number of phosphoric ester groups is 4. The number of halogens is 1. The minimum absolute atomic E-state index is 0.125. The number of phosphoric acid groups is 4. The number of aliphatic hydroxyl groups is 8. The molecule has 12 rings (SSSR count). The predicted octanol–water partition coefficient (Wildman–Crippen LogP) is -2.40. The summed E-state index contributed by atoms with van der Waals surface area (Å²) in [6, 6.07) is 4.76. The Labute approximate surface area is 551 Å². The summed E-state index contributed by atoms with van der Waals surface area (Å²) in [6.45, 7) is -0.727. The van der Waals surface area contributed by atoms with Gasteiger partial charge in [0.25, 0.3) is 0 Å². The van der Waals surface area contributed by atoms with Gasteiger partial charge in [-0.1, -0.05) is 11.6 Å². The molecule has 0 amide bonds. The minimum atomic E-state index is -4.80. The van der Waals surface area contributed by atoms with Crippen LogP contribution in [-0.2, 0) is 55.3 Å². The van der Waals surface area contributed by atoms with Crippen LogP contribution in [0.5, 0.6) is 0 Å². The summed E-state index contributed by atoms with van der Waals surface area (Å²) in [6.07, 6.45) is -11.9. The SMILES string of the molecule is CNc1ccnc2c1ncn2[C@@H]1O[C@H](COP(=O)(O)O)[C@@H](O)[C@H]1O.CNc1nc(C)nc2c1ncn2[C@@H]1O[C@H](COP(=O)(O)O)[C@@H](O)[C@H]1O.O=P(O)(O)OC[C@H]1O[C@@H](n2cnc3c(Cl)ccnc32)[C@H](O)[C@@H]1O.[N-]=[N+]=Nc1nc2c(N)ccnc2n1[C@@H]1O[C@H](COP(=O)(O)O)[C@@H](O)[C@H]1O. The third-order valence-corrected chi connectivity index (χ3v) is 16.9. The lowest BCUT2D eigenvalue weighted by Gasteiger charge is -2.18. The number of aryl methyl sites for hydroxylation is 1. The van der Waals surface area contributed by atoms with E-state index >= 15 is 0 Å². The smallest absolute Gasteiger partial charge is 0.397 e. The van der Waals surface area contributed by atoms with E-state index in [1.54, 1.807) is 39.3 Å². The molecular weight excluding hydrogens is 1430 g/mol. The zero-order chi connectivity index (χ0) is 71.7. The van der Waals surface area contributed by atoms with Crippen LogP contribution >= 0.6 is 42.9 Å². The van der Waals surface area contributed by atoms with Crippen LogP contribution in [0.4, 0.5) is 23.1 Å². The number of rotatable bonds is 19. The van der Waals surface area contributed by atoms with Crippen molar-refractivity contribution in [2.75, 3.05) is 56.9 Å². The highest BCUT2D eigenvalue weighted by Crippen LogP contribution is 2.44. The van der Waals surface area contributed by atoms with Gasteiger partial charge in [0.2, 0.25) is 5.95 Å². The number of nitrogens with zero attached hydrogens (tertiary/aromatic N) is 16. The molecule has 4 saturated heterocycles. The number of aromatic nitrogens is 13. The Kier molecular flexibility index (Phi) is 23.7. The Hall–Kier alpha value is -6.63. The Morgan fingerprint density at radius 1 is 0.520 bits per heavy atom. The lowest BCUT2D eigenvalue weighted by molar-refractivity contribution is -0.0504. The molecule has 20 N–H and O–H groups in total. The van der Waals surface area contributed by atoms with Gasteiger partial charge in [0.1, 0.15) is 95.6 Å². The molecule has 0 spiro atoms. The molecule has 4 aliphatic rings. The first-order valence-electron chi connectivity index (χ1n) is 27.9. The summed E-state index contributed by atoms with van der Waals surface area (Å²) in [4.78, 5) is 110. The van der Waals surface area contributed by atoms with Crippen LogP contribution in [0.3, 0.4) is 0 Å². The lowest BCUT2D eigenvalue weighted by Crippen LogP contribution is -2.33.